The molecule has 2 aromatic rings. The van der Waals surface area contributed by atoms with Gasteiger partial charge in [0.2, 0.25) is 0 Å². The third-order valence-electron chi connectivity index (χ3n) is 4.20. The molecule has 3 nitrogen and oxygen atoms in total. The monoisotopic (exact) mass is 326 g/mol. The summed E-state index contributed by atoms with van der Waals surface area (Å²) in [6, 6.07) is 16.7. The highest BCUT2D eigenvalue weighted by Crippen LogP contribution is 2.35. The Morgan fingerprint density at radius 3 is 2.83 bits per heavy atom. The van der Waals surface area contributed by atoms with Crippen molar-refractivity contribution in [2.75, 3.05) is 12.3 Å². The minimum atomic E-state index is -0.0784. The van der Waals surface area contributed by atoms with Crippen molar-refractivity contribution in [1.82, 2.24) is 10.6 Å². The van der Waals surface area contributed by atoms with Gasteiger partial charge in [-0.1, -0.05) is 42.5 Å². The second-order valence-corrected chi connectivity index (χ2v) is 6.94. The number of urea groups is 1. The van der Waals surface area contributed by atoms with E-state index in [0.717, 1.165) is 18.6 Å². The maximum atomic E-state index is 12.2. The maximum Gasteiger partial charge on any atom is 0.315 e. The first kappa shape index (κ1) is 15.9. The van der Waals surface area contributed by atoms with Crippen molar-refractivity contribution in [2.24, 2.45) is 0 Å². The normalized spacial score (nSPS) is 16.5. The van der Waals surface area contributed by atoms with Crippen LogP contribution in [0.25, 0.3) is 0 Å². The van der Waals surface area contributed by atoms with Crippen LogP contribution in [-0.2, 0) is 6.42 Å². The third-order valence-corrected chi connectivity index (χ3v) is 5.33. The predicted molar refractivity (Wildman–Crippen MR) is 95.9 cm³/mol. The zero-order valence-corrected chi connectivity index (χ0v) is 14.2. The molecule has 23 heavy (non-hydrogen) atoms. The Kier molecular flexibility index (Phi) is 5.23. The number of hydrogen-bond donors (Lipinski definition) is 2. The van der Waals surface area contributed by atoms with Gasteiger partial charge in [0.25, 0.3) is 0 Å². The van der Waals surface area contributed by atoms with E-state index in [1.165, 1.54) is 21.6 Å². The topological polar surface area (TPSA) is 41.1 Å². The molecule has 1 aliphatic heterocycles. The van der Waals surface area contributed by atoms with Gasteiger partial charge in [-0.2, -0.15) is 0 Å². The molecule has 1 unspecified atom stereocenters. The number of nitrogens with one attached hydrogen (secondary N) is 2. The quantitative estimate of drug-likeness (QED) is 0.889. The van der Waals surface area contributed by atoms with Crippen molar-refractivity contribution < 1.29 is 4.79 Å². The minimum absolute atomic E-state index is 0.0784. The summed E-state index contributed by atoms with van der Waals surface area (Å²) in [6.07, 6.45) is 1.84. The Hall–Kier alpha value is -1.94. The van der Waals surface area contributed by atoms with Gasteiger partial charge in [-0.05, 0) is 42.5 Å². The maximum absolute atomic E-state index is 12.2. The van der Waals surface area contributed by atoms with Gasteiger partial charge < -0.3 is 10.6 Å². The number of benzene rings is 2. The minimum Gasteiger partial charge on any atom is -0.338 e. The summed E-state index contributed by atoms with van der Waals surface area (Å²) in [5, 5.41) is 6.09. The second kappa shape index (κ2) is 7.55. The predicted octanol–water partition coefficient (Wildman–Crippen LogP) is 4.07. The molecular formula is C19H22N2OS. The lowest BCUT2D eigenvalue weighted by Gasteiger charge is -2.26. The van der Waals surface area contributed by atoms with Crippen LogP contribution in [0.15, 0.2) is 53.4 Å². The van der Waals surface area contributed by atoms with Crippen LogP contribution in [-0.4, -0.2) is 18.3 Å². The summed E-state index contributed by atoms with van der Waals surface area (Å²) < 4.78 is 0. The van der Waals surface area contributed by atoms with E-state index in [1.807, 2.05) is 30.0 Å². The lowest BCUT2D eigenvalue weighted by Crippen LogP contribution is -2.39. The van der Waals surface area contributed by atoms with Crippen LogP contribution in [0.3, 0.4) is 0 Å². The Morgan fingerprint density at radius 1 is 1.17 bits per heavy atom. The summed E-state index contributed by atoms with van der Waals surface area (Å²) in [6.45, 7) is 2.76. The fourth-order valence-corrected chi connectivity index (χ4v) is 4.03. The molecule has 2 amide bonds. The highest BCUT2D eigenvalue weighted by Gasteiger charge is 2.21. The second-order valence-electron chi connectivity index (χ2n) is 5.80. The fourth-order valence-electron chi connectivity index (χ4n) is 2.90. The fraction of sp³-hybridized carbons (Fsp3) is 0.316. The van der Waals surface area contributed by atoms with Crippen molar-refractivity contribution in [3.63, 3.8) is 0 Å². The molecule has 0 aliphatic carbocycles. The molecule has 1 aliphatic rings. The molecule has 0 saturated heterocycles. The Labute approximate surface area is 141 Å². The number of hydrogen-bond acceptors (Lipinski definition) is 2. The van der Waals surface area contributed by atoms with E-state index in [-0.39, 0.29) is 12.1 Å². The largest absolute Gasteiger partial charge is 0.338 e. The van der Waals surface area contributed by atoms with Gasteiger partial charge in [0, 0.05) is 17.2 Å². The first-order valence-electron chi connectivity index (χ1n) is 8.04. The molecule has 0 bridgehead atoms. The van der Waals surface area contributed by atoms with Crippen molar-refractivity contribution in [3.8, 4) is 0 Å². The molecule has 3 rings (SSSR count). The van der Waals surface area contributed by atoms with Gasteiger partial charge in [0.15, 0.2) is 0 Å². The van der Waals surface area contributed by atoms with Gasteiger partial charge in [0.05, 0.1) is 6.04 Å². The number of carbonyl (C=O) groups excluding carboxylic acids is 1. The third kappa shape index (κ3) is 4.08. The Morgan fingerprint density at radius 2 is 1.96 bits per heavy atom. The molecular weight excluding hydrogens is 304 g/mol. The van der Waals surface area contributed by atoms with Crippen molar-refractivity contribution in [3.05, 3.63) is 65.2 Å². The van der Waals surface area contributed by atoms with Crippen molar-refractivity contribution in [1.29, 1.82) is 0 Å². The first-order valence-corrected chi connectivity index (χ1v) is 9.03. The smallest absolute Gasteiger partial charge is 0.315 e. The molecule has 1 atom stereocenters. The molecule has 1 heterocycles. The van der Waals surface area contributed by atoms with Gasteiger partial charge >= 0.3 is 6.03 Å². The number of amides is 2. The van der Waals surface area contributed by atoms with Crippen LogP contribution in [0.2, 0.25) is 0 Å². The van der Waals surface area contributed by atoms with E-state index in [4.69, 9.17) is 0 Å². The summed E-state index contributed by atoms with van der Waals surface area (Å²) in [4.78, 5) is 13.4. The lowest BCUT2D eigenvalue weighted by molar-refractivity contribution is 0.236. The van der Waals surface area contributed by atoms with Gasteiger partial charge in [-0.25, -0.2) is 4.79 Å². The SMILES string of the molecule is Cc1ccccc1CCNC(=O)NC1CCSc2ccccc21. The van der Waals surface area contributed by atoms with E-state index in [0.29, 0.717) is 6.54 Å². The summed E-state index contributed by atoms with van der Waals surface area (Å²) >= 11 is 1.86. The summed E-state index contributed by atoms with van der Waals surface area (Å²) in [5.41, 5.74) is 3.79. The van der Waals surface area contributed by atoms with E-state index in [1.54, 1.807) is 0 Å². The molecule has 0 radical (unpaired) electrons. The van der Waals surface area contributed by atoms with Gasteiger partial charge in [-0.3, -0.25) is 0 Å². The van der Waals surface area contributed by atoms with Crippen LogP contribution in [0, 0.1) is 6.92 Å². The zero-order valence-electron chi connectivity index (χ0n) is 13.3. The van der Waals surface area contributed by atoms with E-state index >= 15 is 0 Å². The number of fused-ring (bicyclic) bond motifs is 1. The molecule has 0 fully saturated rings. The van der Waals surface area contributed by atoms with Crippen LogP contribution >= 0.6 is 11.8 Å². The Balaban J connectivity index is 1.52. The van der Waals surface area contributed by atoms with Gasteiger partial charge in [-0.15, -0.1) is 11.8 Å². The molecule has 0 spiro atoms. The van der Waals surface area contributed by atoms with Crippen LogP contribution < -0.4 is 10.6 Å². The summed E-state index contributed by atoms with van der Waals surface area (Å²) in [5.74, 6) is 1.05. The van der Waals surface area contributed by atoms with E-state index in [9.17, 15) is 4.79 Å². The number of thioether (sulfide) groups is 1. The standard InChI is InChI=1S/C19H22N2OS/c1-14-6-2-3-7-15(14)10-12-20-19(22)21-17-11-13-23-18-9-5-4-8-16(17)18/h2-9,17H,10-13H2,1H3,(H2,20,21,22). The average Bonchev–Trinajstić information content (AvgIpc) is 2.57. The van der Waals surface area contributed by atoms with Gasteiger partial charge in [0.1, 0.15) is 0 Å². The van der Waals surface area contributed by atoms with E-state index < -0.39 is 0 Å². The number of carbonyl (C=O) groups is 1. The van der Waals surface area contributed by atoms with E-state index in [2.05, 4.69) is 47.9 Å². The molecule has 0 aromatic heterocycles. The van der Waals surface area contributed by atoms with Crippen molar-refractivity contribution >= 4 is 17.8 Å². The first-order chi connectivity index (χ1) is 11.2. The molecule has 4 heteroatoms. The average molecular weight is 326 g/mol. The molecule has 2 aromatic carbocycles. The van der Waals surface area contributed by atoms with Crippen LogP contribution in [0.5, 0.6) is 0 Å². The zero-order chi connectivity index (χ0) is 16.1. The Bertz CT molecular complexity index is 687. The molecule has 2 N–H and O–H groups in total. The van der Waals surface area contributed by atoms with Crippen LogP contribution in [0.1, 0.15) is 29.2 Å². The molecule has 0 saturated carbocycles. The lowest BCUT2D eigenvalue weighted by atomic mass is 10.0. The van der Waals surface area contributed by atoms with Crippen LogP contribution in [0.4, 0.5) is 4.79 Å². The van der Waals surface area contributed by atoms with Crippen molar-refractivity contribution in [2.45, 2.75) is 30.7 Å². The molecule has 120 valence electrons. The number of rotatable bonds is 4. The highest BCUT2D eigenvalue weighted by atomic mass is 32.2. The number of aryl methyl sites for hydroxylation is 1. The summed E-state index contributed by atoms with van der Waals surface area (Å²) in [7, 11) is 0. The highest BCUT2D eigenvalue weighted by molar-refractivity contribution is 7.99.